The van der Waals surface area contributed by atoms with Crippen LogP contribution >= 0.6 is 11.3 Å². The Morgan fingerprint density at radius 2 is 1.68 bits per heavy atom. The molecule has 2 aromatic carbocycles. The lowest BCUT2D eigenvalue weighted by atomic mass is 10.2. The summed E-state index contributed by atoms with van der Waals surface area (Å²) in [7, 11) is -3.57. The molecule has 1 aromatic heterocycles. The fourth-order valence-electron chi connectivity index (χ4n) is 3.61. The van der Waals surface area contributed by atoms with Gasteiger partial charge in [-0.2, -0.15) is 9.30 Å². The topological polar surface area (TPSA) is 71.7 Å². The van der Waals surface area contributed by atoms with E-state index in [2.05, 4.69) is 4.99 Å². The molecule has 166 valence electrons. The van der Waals surface area contributed by atoms with Gasteiger partial charge in [-0.3, -0.25) is 4.79 Å². The second-order valence-electron chi connectivity index (χ2n) is 7.40. The second-order valence-corrected chi connectivity index (χ2v) is 10.3. The van der Waals surface area contributed by atoms with Crippen molar-refractivity contribution in [3.8, 4) is 0 Å². The zero-order valence-corrected chi connectivity index (χ0v) is 20.1. The SMILES string of the molecule is CCCN(CCC)S(=O)(=O)c1ccc(C(=O)N=c2sc3cccc(C)c3n2CC)cc1. The number of benzene rings is 2. The first kappa shape index (κ1) is 23.4. The Balaban J connectivity index is 1.94. The van der Waals surface area contributed by atoms with Crippen molar-refractivity contribution in [1.82, 2.24) is 8.87 Å². The zero-order valence-electron chi connectivity index (χ0n) is 18.5. The van der Waals surface area contributed by atoms with E-state index in [-0.39, 0.29) is 10.8 Å². The molecule has 0 fully saturated rings. The van der Waals surface area contributed by atoms with Gasteiger partial charge in [0.1, 0.15) is 0 Å². The molecule has 0 unspecified atom stereocenters. The molecular formula is C23H29N3O3S2. The summed E-state index contributed by atoms with van der Waals surface area (Å²) in [6.07, 6.45) is 1.50. The smallest absolute Gasteiger partial charge is 0.279 e. The van der Waals surface area contributed by atoms with E-state index >= 15 is 0 Å². The van der Waals surface area contributed by atoms with Crippen LogP contribution < -0.4 is 4.80 Å². The molecule has 0 N–H and O–H groups in total. The van der Waals surface area contributed by atoms with Gasteiger partial charge in [-0.25, -0.2) is 8.42 Å². The fraction of sp³-hybridized carbons (Fsp3) is 0.391. The summed E-state index contributed by atoms with van der Waals surface area (Å²) in [5.41, 5.74) is 2.60. The summed E-state index contributed by atoms with van der Waals surface area (Å²) >= 11 is 1.48. The first-order valence-electron chi connectivity index (χ1n) is 10.6. The number of carbonyl (C=O) groups is 1. The van der Waals surface area contributed by atoms with Crippen LogP contribution in [0.15, 0.2) is 52.4 Å². The number of thiazole rings is 1. The number of hydrogen-bond donors (Lipinski definition) is 0. The van der Waals surface area contributed by atoms with Gasteiger partial charge in [0, 0.05) is 25.2 Å². The van der Waals surface area contributed by atoms with Crippen LogP contribution in [-0.2, 0) is 16.6 Å². The molecule has 3 rings (SSSR count). The molecule has 0 saturated carbocycles. The lowest BCUT2D eigenvalue weighted by molar-refractivity contribution is 0.0997. The Morgan fingerprint density at radius 1 is 1.03 bits per heavy atom. The number of fused-ring (bicyclic) bond motifs is 1. The molecule has 0 saturated heterocycles. The standard InChI is InChI=1S/C23H29N3O3S2/c1-5-15-25(16-6-2)31(28,29)19-13-11-18(12-14-19)22(27)24-23-26(7-3)21-17(4)9-8-10-20(21)30-23/h8-14H,5-7,15-16H2,1-4H3. The Bertz CT molecular complexity index is 1230. The summed E-state index contributed by atoms with van der Waals surface area (Å²) in [6, 6.07) is 12.2. The van der Waals surface area contributed by atoms with Gasteiger partial charge in [0.2, 0.25) is 10.0 Å². The molecule has 0 aliphatic heterocycles. The molecular weight excluding hydrogens is 430 g/mol. The summed E-state index contributed by atoms with van der Waals surface area (Å²) < 4.78 is 30.5. The Morgan fingerprint density at radius 3 is 2.26 bits per heavy atom. The van der Waals surface area contributed by atoms with Gasteiger partial charge in [-0.15, -0.1) is 0 Å². The summed E-state index contributed by atoms with van der Waals surface area (Å²) in [5, 5.41) is 0. The van der Waals surface area contributed by atoms with Gasteiger partial charge in [-0.1, -0.05) is 37.3 Å². The van der Waals surface area contributed by atoms with Crippen molar-refractivity contribution in [2.75, 3.05) is 13.1 Å². The summed E-state index contributed by atoms with van der Waals surface area (Å²) in [4.78, 5) is 18.0. The van der Waals surface area contributed by atoms with E-state index in [1.54, 1.807) is 12.1 Å². The van der Waals surface area contributed by atoms with E-state index < -0.39 is 10.0 Å². The highest BCUT2D eigenvalue weighted by molar-refractivity contribution is 7.89. The summed E-state index contributed by atoms with van der Waals surface area (Å²) in [5.74, 6) is -0.380. The van der Waals surface area contributed by atoms with Crippen molar-refractivity contribution in [1.29, 1.82) is 0 Å². The van der Waals surface area contributed by atoms with Gasteiger partial charge in [0.25, 0.3) is 5.91 Å². The third kappa shape index (κ3) is 4.81. The lowest BCUT2D eigenvalue weighted by Gasteiger charge is -2.21. The maximum absolute atomic E-state index is 12.9. The highest BCUT2D eigenvalue weighted by atomic mass is 32.2. The molecule has 3 aromatic rings. The molecule has 0 aliphatic rings. The number of carbonyl (C=O) groups excluding carboxylic acids is 1. The molecule has 0 atom stereocenters. The number of nitrogens with zero attached hydrogens (tertiary/aromatic N) is 3. The minimum atomic E-state index is -3.57. The van der Waals surface area contributed by atoms with Crippen molar-refractivity contribution in [2.24, 2.45) is 4.99 Å². The normalized spacial score (nSPS) is 12.7. The Hall–Kier alpha value is -2.29. The van der Waals surface area contributed by atoms with Crippen LogP contribution in [0.4, 0.5) is 0 Å². The van der Waals surface area contributed by atoms with E-state index in [1.165, 1.54) is 27.8 Å². The van der Waals surface area contributed by atoms with E-state index in [0.717, 1.165) is 28.6 Å². The van der Waals surface area contributed by atoms with Crippen LogP contribution in [0, 0.1) is 6.92 Å². The molecule has 0 spiro atoms. The Kier molecular flexibility index (Phi) is 7.46. The lowest BCUT2D eigenvalue weighted by Crippen LogP contribution is -2.32. The first-order chi connectivity index (χ1) is 14.8. The number of hydrogen-bond acceptors (Lipinski definition) is 4. The minimum Gasteiger partial charge on any atom is -0.316 e. The molecule has 1 heterocycles. The van der Waals surface area contributed by atoms with Gasteiger partial charge in [0.15, 0.2) is 4.80 Å². The number of amides is 1. The highest BCUT2D eigenvalue weighted by Gasteiger charge is 2.23. The van der Waals surface area contributed by atoms with Crippen LogP contribution in [-0.4, -0.2) is 36.3 Å². The number of rotatable bonds is 8. The number of sulfonamides is 1. The Labute approximate surface area is 187 Å². The van der Waals surface area contributed by atoms with Crippen molar-refractivity contribution in [3.63, 3.8) is 0 Å². The summed E-state index contributed by atoms with van der Waals surface area (Å²) in [6.45, 7) is 9.66. The van der Waals surface area contributed by atoms with Crippen molar-refractivity contribution in [2.45, 2.75) is 52.0 Å². The van der Waals surface area contributed by atoms with Crippen LogP contribution in [0.25, 0.3) is 10.2 Å². The van der Waals surface area contributed by atoms with Crippen LogP contribution in [0.2, 0.25) is 0 Å². The third-order valence-electron chi connectivity index (χ3n) is 5.10. The quantitative estimate of drug-likeness (QED) is 0.495. The predicted octanol–water partition coefficient (Wildman–Crippen LogP) is 4.58. The molecule has 0 bridgehead atoms. The maximum atomic E-state index is 12.9. The van der Waals surface area contributed by atoms with E-state index in [9.17, 15) is 13.2 Å². The maximum Gasteiger partial charge on any atom is 0.279 e. The van der Waals surface area contributed by atoms with E-state index in [0.29, 0.717) is 30.0 Å². The average molecular weight is 460 g/mol. The molecule has 0 radical (unpaired) electrons. The molecule has 8 heteroatoms. The second kappa shape index (κ2) is 9.89. The fourth-order valence-corrected chi connectivity index (χ4v) is 6.40. The number of para-hydroxylation sites is 1. The number of aromatic nitrogens is 1. The third-order valence-corrected chi connectivity index (χ3v) is 8.06. The van der Waals surface area contributed by atoms with Gasteiger partial charge in [-0.05, 0) is 62.6 Å². The highest BCUT2D eigenvalue weighted by Crippen LogP contribution is 2.21. The van der Waals surface area contributed by atoms with Crippen LogP contribution in [0.5, 0.6) is 0 Å². The van der Waals surface area contributed by atoms with Gasteiger partial charge < -0.3 is 4.57 Å². The number of aryl methyl sites for hydroxylation is 2. The molecule has 31 heavy (non-hydrogen) atoms. The van der Waals surface area contributed by atoms with E-state index in [4.69, 9.17) is 0 Å². The minimum absolute atomic E-state index is 0.201. The average Bonchev–Trinajstić information content (AvgIpc) is 3.12. The van der Waals surface area contributed by atoms with Gasteiger partial charge >= 0.3 is 0 Å². The van der Waals surface area contributed by atoms with Crippen molar-refractivity contribution in [3.05, 3.63) is 58.4 Å². The van der Waals surface area contributed by atoms with Crippen LogP contribution in [0.1, 0.15) is 49.5 Å². The van der Waals surface area contributed by atoms with Crippen molar-refractivity contribution >= 4 is 37.5 Å². The first-order valence-corrected chi connectivity index (χ1v) is 12.9. The van der Waals surface area contributed by atoms with E-state index in [1.807, 2.05) is 50.5 Å². The molecule has 0 aliphatic carbocycles. The zero-order chi connectivity index (χ0) is 22.6. The van der Waals surface area contributed by atoms with Gasteiger partial charge in [0.05, 0.1) is 15.1 Å². The largest absolute Gasteiger partial charge is 0.316 e. The predicted molar refractivity (Wildman–Crippen MR) is 126 cm³/mol. The molecule has 1 amide bonds. The van der Waals surface area contributed by atoms with Crippen molar-refractivity contribution < 1.29 is 13.2 Å². The molecule has 6 nitrogen and oxygen atoms in total. The van der Waals surface area contributed by atoms with Crippen LogP contribution in [0.3, 0.4) is 0 Å². The monoisotopic (exact) mass is 459 g/mol.